The van der Waals surface area contributed by atoms with Crippen LogP contribution in [0.1, 0.15) is 6.92 Å². The Morgan fingerprint density at radius 1 is 1.35 bits per heavy atom. The van der Waals surface area contributed by atoms with E-state index in [9.17, 15) is 14.0 Å². The Kier molecular flexibility index (Phi) is 4.44. The maximum absolute atomic E-state index is 12.9. The molecule has 0 saturated heterocycles. The minimum atomic E-state index is -0.472. The molecule has 3 aromatic rings. The lowest BCUT2D eigenvalue weighted by Crippen LogP contribution is -2.23. The summed E-state index contributed by atoms with van der Waals surface area (Å²) in [5.74, 6) is -0.619. The van der Waals surface area contributed by atoms with Crippen molar-refractivity contribution in [3.05, 3.63) is 51.9 Å². The summed E-state index contributed by atoms with van der Waals surface area (Å²) in [5.41, 5.74) is 0.295. The summed E-state index contributed by atoms with van der Waals surface area (Å²) in [6.45, 7) is 1.71. The lowest BCUT2D eigenvalue weighted by Gasteiger charge is -2.11. The first-order valence-electron chi connectivity index (χ1n) is 6.73. The van der Waals surface area contributed by atoms with Crippen LogP contribution in [0.2, 0.25) is 0 Å². The van der Waals surface area contributed by atoms with Gasteiger partial charge in [-0.25, -0.2) is 9.37 Å². The van der Waals surface area contributed by atoms with Gasteiger partial charge in [0.15, 0.2) is 5.16 Å². The van der Waals surface area contributed by atoms with Crippen molar-refractivity contribution in [1.82, 2.24) is 9.97 Å². The number of thiophene rings is 1. The molecule has 0 aliphatic carbocycles. The van der Waals surface area contributed by atoms with E-state index >= 15 is 0 Å². The Bertz CT molecular complexity index is 905. The molecule has 0 saturated carbocycles. The van der Waals surface area contributed by atoms with Gasteiger partial charge in [-0.2, -0.15) is 0 Å². The first-order chi connectivity index (χ1) is 11.0. The van der Waals surface area contributed by atoms with E-state index in [2.05, 4.69) is 15.3 Å². The average molecular weight is 349 g/mol. The fourth-order valence-electron chi connectivity index (χ4n) is 1.90. The normalized spacial score (nSPS) is 12.3. The Balaban J connectivity index is 1.71. The van der Waals surface area contributed by atoms with Gasteiger partial charge >= 0.3 is 0 Å². The number of anilines is 1. The smallest absolute Gasteiger partial charge is 0.260 e. The summed E-state index contributed by atoms with van der Waals surface area (Å²) in [6.07, 6.45) is 0. The Labute approximate surface area is 139 Å². The molecule has 1 unspecified atom stereocenters. The highest BCUT2D eigenvalue weighted by molar-refractivity contribution is 8.00. The molecule has 23 heavy (non-hydrogen) atoms. The van der Waals surface area contributed by atoms with E-state index in [0.29, 0.717) is 21.1 Å². The Morgan fingerprint density at radius 3 is 2.83 bits per heavy atom. The van der Waals surface area contributed by atoms with Crippen molar-refractivity contribution < 1.29 is 9.18 Å². The zero-order chi connectivity index (χ0) is 16.4. The van der Waals surface area contributed by atoms with Crippen LogP contribution in [0.4, 0.5) is 10.1 Å². The molecule has 1 atom stereocenters. The van der Waals surface area contributed by atoms with Gasteiger partial charge in [-0.3, -0.25) is 9.59 Å². The van der Waals surface area contributed by atoms with Crippen molar-refractivity contribution in [2.75, 3.05) is 5.32 Å². The number of aromatic nitrogens is 2. The van der Waals surface area contributed by atoms with E-state index in [1.807, 2.05) is 0 Å². The number of hydrogen-bond acceptors (Lipinski definition) is 5. The summed E-state index contributed by atoms with van der Waals surface area (Å²) in [4.78, 5) is 31.7. The average Bonchev–Trinajstić information content (AvgIpc) is 2.98. The van der Waals surface area contributed by atoms with Crippen LogP contribution in [0.3, 0.4) is 0 Å². The number of carbonyl (C=O) groups excluding carboxylic acids is 1. The van der Waals surface area contributed by atoms with Gasteiger partial charge in [-0.05, 0) is 42.6 Å². The quantitative estimate of drug-likeness (QED) is 0.560. The zero-order valence-corrected chi connectivity index (χ0v) is 13.6. The first-order valence-corrected chi connectivity index (χ1v) is 8.49. The lowest BCUT2D eigenvalue weighted by atomic mass is 10.3. The van der Waals surface area contributed by atoms with Crippen LogP contribution >= 0.6 is 23.1 Å². The second kappa shape index (κ2) is 6.51. The first kappa shape index (κ1) is 15.7. The largest absolute Gasteiger partial charge is 0.325 e. The van der Waals surface area contributed by atoms with Crippen LogP contribution in [-0.2, 0) is 4.79 Å². The molecular formula is C15H12FN3O2S2. The van der Waals surface area contributed by atoms with Crippen molar-refractivity contribution in [3.8, 4) is 0 Å². The third kappa shape index (κ3) is 3.59. The van der Waals surface area contributed by atoms with Crippen LogP contribution in [0.15, 0.2) is 45.7 Å². The van der Waals surface area contributed by atoms with Gasteiger partial charge in [-0.1, -0.05) is 11.8 Å². The molecule has 2 aromatic heterocycles. The summed E-state index contributed by atoms with van der Waals surface area (Å²) < 4.78 is 12.9. The minimum Gasteiger partial charge on any atom is -0.325 e. The highest BCUT2D eigenvalue weighted by atomic mass is 32.2. The molecule has 0 aliphatic heterocycles. The van der Waals surface area contributed by atoms with E-state index in [1.165, 1.54) is 35.6 Å². The van der Waals surface area contributed by atoms with Crippen LogP contribution in [-0.4, -0.2) is 21.1 Å². The topological polar surface area (TPSA) is 74.8 Å². The number of hydrogen-bond donors (Lipinski definition) is 2. The number of thioether (sulfide) groups is 1. The van der Waals surface area contributed by atoms with E-state index in [4.69, 9.17) is 0 Å². The number of aromatic amines is 1. The molecule has 8 heteroatoms. The monoisotopic (exact) mass is 349 g/mol. The molecule has 2 N–H and O–H groups in total. The van der Waals surface area contributed by atoms with E-state index < -0.39 is 5.25 Å². The fraction of sp³-hybridized carbons (Fsp3) is 0.133. The molecule has 118 valence electrons. The van der Waals surface area contributed by atoms with E-state index in [1.54, 1.807) is 18.4 Å². The zero-order valence-electron chi connectivity index (χ0n) is 12.0. The predicted octanol–water partition coefficient (Wildman–Crippen LogP) is 3.24. The second-order valence-electron chi connectivity index (χ2n) is 4.77. The number of H-pyrrole nitrogens is 1. The summed E-state index contributed by atoms with van der Waals surface area (Å²) in [5, 5.41) is 4.96. The maximum atomic E-state index is 12.9. The number of carbonyl (C=O) groups is 1. The number of amides is 1. The molecule has 2 heterocycles. The maximum Gasteiger partial charge on any atom is 0.260 e. The van der Waals surface area contributed by atoms with Gasteiger partial charge in [0.25, 0.3) is 5.56 Å². The fourth-order valence-corrected chi connectivity index (χ4v) is 3.52. The molecule has 5 nitrogen and oxygen atoms in total. The number of nitrogens with one attached hydrogen (secondary N) is 2. The van der Waals surface area contributed by atoms with Gasteiger partial charge in [0.05, 0.1) is 10.6 Å². The third-order valence-corrected chi connectivity index (χ3v) is 4.87. The SMILES string of the molecule is CC(Sc1nc2sccc2c(=O)[nH]1)C(=O)Nc1ccc(F)cc1. The molecule has 0 aliphatic rings. The van der Waals surface area contributed by atoms with Crippen LogP contribution < -0.4 is 10.9 Å². The van der Waals surface area contributed by atoms with Crippen LogP contribution in [0, 0.1) is 5.82 Å². The molecule has 0 bridgehead atoms. The number of nitrogens with zero attached hydrogens (tertiary/aromatic N) is 1. The molecular weight excluding hydrogens is 337 g/mol. The summed E-state index contributed by atoms with van der Waals surface area (Å²) in [7, 11) is 0. The van der Waals surface area contributed by atoms with E-state index in [-0.39, 0.29) is 17.3 Å². The van der Waals surface area contributed by atoms with Crippen molar-refractivity contribution in [3.63, 3.8) is 0 Å². The molecule has 0 spiro atoms. The van der Waals surface area contributed by atoms with Gasteiger partial charge in [-0.15, -0.1) is 11.3 Å². The van der Waals surface area contributed by atoms with Crippen LogP contribution in [0.25, 0.3) is 10.2 Å². The number of halogens is 1. The highest BCUT2D eigenvalue weighted by Crippen LogP contribution is 2.23. The van der Waals surface area contributed by atoms with Gasteiger partial charge in [0.1, 0.15) is 10.6 Å². The molecule has 1 amide bonds. The predicted molar refractivity (Wildman–Crippen MR) is 90.6 cm³/mol. The third-order valence-electron chi connectivity index (χ3n) is 3.08. The number of benzene rings is 1. The van der Waals surface area contributed by atoms with Gasteiger partial charge in [0, 0.05) is 5.69 Å². The Morgan fingerprint density at radius 2 is 2.09 bits per heavy atom. The van der Waals surface area contributed by atoms with E-state index in [0.717, 1.165) is 11.8 Å². The van der Waals surface area contributed by atoms with Crippen molar-refractivity contribution in [2.24, 2.45) is 0 Å². The lowest BCUT2D eigenvalue weighted by molar-refractivity contribution is -0.115. The molecule has 1 aromatic carbocycles. The summed E-state index contributed by atoms with van der Waals surface area (Å²) in [6, 6.07) is 7.24. The van der Waals surface area contributed by atoms with Gasteiger partial charge in [0.2, 0.25) is 5.91 Å². The summed E-state index contributed by atoms with van der Waals surface area (Å²) >= 11 is 2.53. The molecule has 0 radical (unpaired) electrons. The Hall–Kier alpha value is -2.19. The molecule has 3 rings (SSSR count). The van der Waals surface area contributed by atoms with Crippen LogP contribution in [0.5, 0.6) is 0 Å². The standard InChI is InChI=1S/C15H12FN3O2S2/c1-8(12(20)17-10-4-2-9(16)3-5-10)23-15-18-13(21)11-6-7-22-14(11)19-15/h2-8H,1H3,(H,17,20)(H,18,19,21). The number of rotatable bonds is 4. The van der Waals surface area contributed by atoms with Crippen molar-refractivity contribution in [2.45, 2.75) is 17.3 Å². The second-order valence-corrected chi connectivity index (χ2v) is 6.99. The molecule has 0 fully saturated rings. The van der Waals surface area contributed by atoms with Crippen molar-refractivity contribution >= 4 is 44.9 Å². The van der Waals surface area contributed by atoms with Crippen molar-refractivity contribution in [1.29, 1.82) is 0 Å². The van der Waals surface area contributed by atoms with Gasteiger partial charge < -0.3 is 10.3 Å². The number of fused-ring (bicyclic) bond motifs is 1. The highest BCUT2D eigenvalue weighted by Gasteiger charge is 2.17. The minimum absolute atomic E-state index is 0.218.